The Balaban J connectivity index is 2.04. The van der Waals surface area contributed by atoms with Crippen molar-refractivity contribution < 1.29 is 23.4 Å². The highest BCUT2D eigenvalue weighted by Gasteiger charge is 2.29. The van der Waals surface area contributed by atoms with Gasteiger partial charge in [0.25, 0.3) is 0 Å². The van der Waals surface area contributed by atoms with Gasteiger partial charge in [0.1, 0.15) is 0 Å². The molecule has 1 heterocycles. The van der Waals surface area contributed by atoms with Gasteiger partial charge in [-0.15, -0.1) is 0 Å². The van der Waals surface area contributed by atoms with Gasteiger partial charge >= 0.3 is 5.97 Å². The summed E-state index contributed by atoms with van der Waals surface area (Å²) < 4.78 is 30.5. The maximum Gasteiger partial charge on any atom is 0.357 e. The number of carbonyl (C=O) groups excluding carboxylic acids is 1. The molecule has 7 heteroatoms. The number of nitrogens with zero attached hydrogens (tertiary/aromatic N) is 2. The van der Waals surface area contributed by atoms with Gasteiger partial charge in [-0.1, -0.05) is 0 Å². The molecule has 0 aromatic rings. The Kier molecular flexibility index (Phi) is 4.29. The van der Waals surface area contributed by atoms with Crippen LogP contribution >= 0.6 is 0 Å². The van der Waals surface area contributed by atoms with Gasteiger partial charge in [-0.25, -0.2) is 18.6 Å². The van der Waals surface area contributed by atoms with E-state index in [0.29, 0.717) is 6.42 Å². The van der Waals surface area contributed by atoms with Crippen LogP contribution in [0.25, 0.3) is 0 Å². The van der Waals surface area contributed by atoms with Crippen molar-refractivity contribution in [1.82, 2.24) is 4.90 Å². The lowest BCUT2D eigenvalue weighted by Gasteiger charge is -2.31. The van der Waals surface area contributed by atoms with Gasteiger partial charge < -0.3 is 14.7 Å². The van der Waals surface area contributed by atoms with E-state index in [2.05, 4.69) is 9.73 Å². The molecule has 2 rings (SSSR count). The zero-order chi connectivity index (χ0) is 14.7. The standard InChI is InChI=1S/C13H14F2N2O3/c1-20-13(19)11-12(18)17(5-4-16-11)7-8-2-3-9(14)10(15)6-8/h3-6,8,12,18H,2,7H2,1H3. The van der Waals surface area contributed by atoms with E-state index in [1.54, 1.807) is 0 Å². The first kappa shape index (κ1) is 14.4. The van der Waals surface area contributed by atoms with Crippen molar-refractivity contribution >= 4 is 11.7 Å². The number of carbonyl (C=O) groups is 1. The summed E-state index contributed by atoms with van der Waals surface area (Å²) in [5.41, 5.74) is -0.142. The van der Waals surface area contributed by atoms with Crippen LogP contribution in [-0.4, -0.2) is 41.6 Å². The third-order valence-corrected chi connectivity index (χ3v) is 3.08. The Labute approximate surface area is 114 Å². The normalized spacial score (nSPS) is 25.8. The number of aliphatic hydroxyl groups is 1. The first-order chi connectivity index (χ1) is 9.52. The fourth-order valence-electron chi connectivity index (χ4n) is 2.03. The van der Waals surface area contributed by atoms with E-state index in [-0.39, 0.29) is 18.2 Å². The Morgan fingerprint density at radius 1 is 1.55 bits per heavy atom. The average molecular weight is 284 g/mol. The number of hydrogen-bond acceptors (Lipinski definition) is 5. The fraction of sp³-hybridized carbons (Fsp3) is 0.385. The Morgan fingerprint density at radius 3 is 2.95 bits per heavy atom. The van der Waals surface area contributed by atoms with Gasteiger partial charge in [0.2, 0.25) is 0 Å². The molecule has 2 aliphatic rings. The second kappa shape index (κ2) is 5.96. The number of esters is 1. The molecule has 0 saturated heterocycles. The molecule has 0 aromatic carbocycles. The molecule has 2 atom stereocenters. The molecule has 0 fully saturated rings. The topological polar surface area (TPSA) is 62.1 Å². The number of allylic oxidation sites excluding steroid dienone is 3. The molecule has 1 aliphatic heterocycles. The van der Waals surface area contributed by atoms with E-state index in [0.717, 1.165) is 6.08 Å². The molecule has 0 radical (unpaired) electrons. The van der Waals surface area contributed by atoms with Gasteiger partial charge in [0, 0.05) is 24.9 Å². The van der Waals surface area contributed by atoms with Gasteiger partial charge in [0.15, 0.2) is 23.6 Å². The van der Waals surface area contributed by atoms with Gasteiger partial charge in [0.05, 0.1) is 7.11 Å². The van der Waals surface area contributed by atoms with E-state index in [9.17, 15) is 18.7 Å². The summed E-state index contributed by atoms with van der Waals surface area (Å²) >= 11 is 0. The highest BCUT2D eigenvalue weighted by atomic mass is 19.2. The molecular formula is C13H14F2N2O3. The number of aliphatic imine (C=N–C) groups is 1. The quantitative estimate of drug-likeness (QED) is 0.796. The zero-order valence-corrected chi connectivity index (χ0v) is 10.8. The zero-order valence-electron chi connectivity index (χ0n) is 10.8. The van der Waals surface area contributed by atoms with E-state index < -0.39 is 23.9 Å². The maximum atomic E-state index is 13.2. The summed E-state index contributed by atoms with van der Waals surface area (Å²) in [5, 5.41) is 10.0. The number of aliphatic hydroxyl groups excluding tert-OH is 1. The summed E-state index contributed by atoms with van der Waals surface area (Å²) in [6, 6.07) is 0. The minimum atomic E-state index is -1.26. The number of ether oxygens (including phenoxy) is 1. The second-order valence-electron chi connectivity index (χ2n) is 4.44. The predicted octanol–water partition coefficient (Wildman–Crippen LogP) is 1.43. The Morgan fingerprint density at radius 2 is 2.30 bits per heavy atom. The van der Waals surface area contributed by atoms with E-state index in [4.69, 9.17) is 0 Å². The molecule has 0 bridgehead atoms. The number of halogens is 2. The molecule has 108 valence electrons. The van der Waals surface area contributed by atoms with Gasteiger partial charge in [-0.2, -0.15) is 0 Å². The van der Waals surface area contributed by atoms with Crippen LogP contribution in [0.2, 0.25) is 0 Å². The van der Waals surface area contributed by atoms with Crippen molar-refractivity contribution in [2.75, 3.05) is 13.7 Å². The van der Waals surface area contributed by atoms with Gasteiger partial charge in [-0.3, -0.25) is 0 Å². The van der Waals surface area contributed by atoms with E-state index in [1.165, 1.54) is 30.5 Å². The predicted molar refractivity (Wildman–Crippen MR) is 67.8 cm³/mol. The minimum Gasteiger partial charge on any atom is -0.464 e. The van der Waals surface area contributed by atoms with Gasteiger partial charge in [-0.05, 0) is 18.6 Å². The smallest absolute Gasteiger partial charge is 0.357 e. The number of methoxy groups -OCH3 is 1. The van der Waals surface area contributed by atoms with Crippen LogP contribution in [0.3, 0.4) is 0 Å². The summed E-state index contributed by atoms with van der Waals surface area (Å²) in [6.45, 7) is 0.227. The lowest BCUT2D eigenvalue weighted by molar-refractivity contribution is -0.133. The average Bonchev–Trinajstić information content (AvgIpc) is 2.44. The monoisotopic (exact) mass is 284 g/mol. The Hall–Kier alpha value is -2.02. The van der Waals surface area contributed by atoms with Crippen molar-refractivity contribution in [2.45, 2.75) is 12.6 Å². The van der Waals surface area contributed by atoms with Crippen molar-refractivity contribution in [2.24, 2.45) is 10.9 Å². The maximum absolute atomic E-state index is 13.2. The highest BCUT2D eigenvalue weighted by Crippen LogP contribution is 2.26. The summed E-state index contributed by atoms with van der Waals surface area (Å²) in [5.74, 6) is -2.81. The molecule has 0 amide bonds. The molecule has 1 aliphatic carbocycles. The summed E-state index contributed by atoms with van der Waals surface area (Å²) in [4.78, 5) is 16.6. The van der Waals surface area contributed by atoms with Crippen molar-refractivity contribution in [3.63, 3.8) is 0 Å². The van der Waals surface area contributed by atoms with Crippen LogP contribution in [0.5, 0.6) is 0 Å². The third-order valence-electron chi connectivity index (χ3n) is 3.08. The molecule has 0 saturated carbocycles. The van der Waals surface area contributed by atoms with Crippen molar-refractivity contribution in [1.29, 1.82) is 0 Å². The summed E-state index contributed by atoms with van der Waals surface area (Å²) in [6.07, 6.45) is 4.21. The highest BCUT2D eigenvalue weighted by molar-refractivity contribution is 6.38. The SMILES string of the molecule is COC(=O)C1=NC=CN(CC2C=C(F)C(F)=CC2)C1O. The molecule has 2 unspecified atom stereocenters. The van der Waals surface area contributed by atoms with Crippen LogP contribution in [0.15, 0.2) is 41.2 Å². The number of rotatable bonds is 3. The minimum absolute atomic E-state index is 0.142. The van der Waals surface area contributed by atoms with Crippen molar-refractivity contribution in [3.05, 3.63) is 36.2 Å². The molecular weight excluding hydrogens is 270 g/mol. The van der Waals surface area contributed by atoms with Crippen LogP contribution in [-0.2, 0) is 9.53 Å². The largest absolute Gasteiger partial charge is 0.464 e. The second-order valence-corrected chi connectivity index (χ2v) is 4.44. The van der Waals surface area contributed by atoms with E-state index in [1.807, 2.05) is 0 Å². The third kappa shape index (κ3) is 2.93. The molecule has 5 nitrogen and oxygen atoms in total. The fourth-order valence-corrected chi connectivity index (χ4v) is 2.03. The molecule has 0 spiro atoms. The first-order valence-electron chi connectivity index (χ1n) is 6.02. The van der Waals surface area contributed by atoms with Crippen molar-refractivity contribution in [3.8, 4) is 0 Å². The van der Waals surface area contributed by atoms with E-state index >= 15 is 0 Å². The number of hydrogen-bond donors (Lipinski definition) is 1. The first-order valence-corrected chi connectivity index (χ1v) is 6.02. The Bertz CT molecular complexity index is 526. The summed E-state index contributed by atoms with van der Waals surface area (Å²) in [7, 11) is 1.19. The molecule has 0 aromatic heterocycles. The van der Waals surface area contributed by atoms with Crippen LogP contribution in [0.4, 0.5) is 8.78 Å². The van der Waals surface area contributed by atoms with Crippen LogP contribution < -0.4 is 0 Å². The van der Waals surface area contributed by atoms with Crippen LogP contribution in [0.1, 0.15) is 6.42 Å². The van der Waals surface area contributed by atoms with Crippen LogP contribution in [0, 0.1) is 5.92 Å². The molecule has 20 heavy (non-hydrogen) atoms. The molecule has 1 N–H and O–H groups in total. The lowest BCUT2D eigenvalue weighted by atomic mass is 9.99. The lowest BCUT2D eigenvalue weighted by Crippen LogP contribution is -2.45.